The van der Waals surface area contributed by atoms with Gasteiger partial charge in [-0.2, -0.15) is 0 Å². The van der Waals surface area contributed by atoms with E-state index in [1.54, 1.807) is 12.1 Å². The number of aliphatic hydroxyl groups excluding tert-OH is 1. The second-order valence-corrected chi connectivity index (χ2v) is 9.61. The molecule has 6 heteroatoms. The summed E-state index contributed by atoms with van der Waals surface area (Å²) in [5.41, 5.74) is 4.28. The third kappa shape index (κ3) is 3.34. The smallest absolute Gasteiger partial charge is 0.257 e. The maximum absolute atomic E-state index is 14.0. The number of rotatable bonds is 5. The first-order valence-electron chi connectivity index (χ1n) is 12.5. The van der Waals surface area contributed by atoms with Crippen molar-refractivity contribution in [1.29, 1.82) is 0 Å². The zero-order valence-corrected chi connectivity index (χ0v) is 20.4. The zero-order chi connectivity index (χ0) is 25.8. The van der Waals surface area contributed by atoms with Crippen LogP contribution in [0.15, 0.2) is 97.1 Å². The predicted molar refractivity (Wildman–Crippen MR) is 147 cm³/mol. The summed E-state index contributed by atoms with van der Waals surface area (Å²) >= 11 is 0. The van der Waals surface area contributed by atoms with Crippen molar-refractivity contribution in [3.63, 3.8) is 0 Å². The molecule has 186 valence electrons. The summed E-state index contributed by atoms with van der Waals surface area (Å²) in [4.78, 5) is 18.9. The number of aliphatic hydroxyl groups is 1. The van der Waals surface area contributed by atoms with Crippen molar-refractivity contribution < 1.29 is 19.7 Å². The fourth-order valence-electron chi connectivity index (χ4n) is 5.63. The number of aromatic nitrogens is 1. The summed E-state index contributed by atoms with van der Waals surface area (Å²) in [6.07, 6.45) is -1.23. The van der Waals surface area contributed by atoms with E-state index in [0.29, 0.717) is 39.8 Å². The number of nitrogens with one attached hydrogen (secondary N) is 1. The molecule has 0 fully saturated rings. The lowest BCUT2D eigenvalue weighted by Crippen LogP contribution is -2.27. The first kappa shape index (κ1) is 22.4. The number of carbonyl (C=O) groups is 1. The first-order chi connectivity index (χ1) is 18.6. The number of phenols is 1. The summed E-state index contributed by atoms with van der Waals surface area (Å²) in [6, 6.07) is 30.5. The normalized spacial score (nSPS) is 15.0. The Morgan fingerprint density at radius 1 is 0.789 bits per heavy atom. The number of ether oxygens (including phenoxy) is 1. The standard InChI is InChI=1S/C32H24N2O4/c35-23-15-16-24(38-18-20-11-5-2-6-12-20)27-26(23)29-28(25-21-13-7-8-14-22(21)33-30(25)27)31(36)34(32(29)37)17-19-9-3-1-4-10-19/h1-16,32-33,35,37H,17-18H2. The van der Waals surface area contributed by atoms with Gasteiger partial charge in [0.05, 0.1) is 16.5 Å². The van der Waals surface area contributed by atoms with Crippen molar-refractivity contribution in [3.8, 4) is 11.5 Å². The summed E-state index contributed by atoms with van der Waals surface area (Å²) in [5.74, 6) is 0.266. The van der Waals surface area contributed by atoms with Crippen molar-refractivity contribution in [2.75, 3.05) is 0 Å². The lowest BCUT2D eigenvalue weighted by molar-refractivity contribution is 0.0143. The zero-order valence-electron chi connectivity index (χ0n) is 20.4. The quantitative estimate of drug-likeness (QED) is 0.255. The molecular formula is C32H24N2O4. The second kappa shape index (κ2) is 8.64. The lowest BCUT2D eigenvalue weighted by atomic mass is 9.93. The van der Waals surface area contributed by atoms with Crippen LogP contribution >= 0.6 is 0 Å². The Kier molecular flexibility index (Phi) is 5.09. The summed E-state index contributed by atoms with van der Waals surface area (Å²) < 4.78 is 6.30. The van der Waals surface area contributed by atoms with Gasteiger partial charge in [-0.15, -0.1) is 0 Å². The molecule has 0 spiro atoms. The van der Waals surface area contributed by atoms with Gasteiger partial charge in [0, 0.05) is 33.8 Å². The molecule has 1 aliphatic rings. The van der Waals surface area contributed by atoms with Crippen molar-refractivity contribution in [1.82, 2.24) is 9.88 Å². The molecule has 38 heavy (non-hydrogen) atoms. The molecule has 0 saturated heterocycles. The first-order valence-corrected chi connectivity index (χ1v) is 12.5. The molecule has 1 aliphatic heterocycles. The number of fused-ring (bicyclic) bond motifs is 8. The monoisotopic (exact) mass is 500 g/mol. The molecule has 6 nitrogen and oxygen atoms in total. The maximum atomic E-state index is 14.0. The number of carbonyl (C=O) groups excluding carboxylic acids is 1. The van der Waals surface area contributed by atoms with Gasteiger partial charge < -0.3 is 24.8 Å². The van der Waals surface area contributed by atoms with Gasteiger partial charge in [-0.25, -0.2) is 0 Å². The number of para-hydroxylation sites is 1. The van der Waals surface area contributed by atoms with E-state index in [4.69, 9.17) is 4.74 Å². The molecule has 0 bridgehead atoms. The number of hydrogen-bond acceptors (Lipinski definition) is 4. The minimum absolute atomic E-state index is 0.0164. The van der Waals surface area contributed by atoms with Crippen LogP contribution in [-0.2, 0) is 13.2 Å². The van der Waals surface area contributed by atoms with E-state index in [-0.39, 0.29) is 18.2 Å². The highest BCUT2D eigenvalue weighted by molar-refractivity contribution is 6.29. The molecule has 1 atom stereocenters. The van der Waals surface area contributed by atoms with Gasteiger partial charge in [-0.1, -0.05) is 78.9 Å². The Labute approximate surface area is 218 Å². The van der Waals surface area contributed by atoms with Crippen molar-refractivity contribution in [3.05, 3.63) is 119 Å². The van der Waals surface area contributed by atoms with Gasteiger partial charge >= 0.3 is 0 Å². The van der Waals surface area contributed by atoms with Gasteiger partial charge in [0.15, 0.2) is 6.23 Å². The average molecular weight is 501 g/mol. The second-order valence-electron chi connectivity index (χ2n) is 9.61. The number of phenolic OH excluding ortho intramolecular Hbond substituents is 1. The van der Waals surface area contributed by atoms with E-state index in [0.717, 1.165) is 27.4 Å². The molecule has 2 heterocycles. The van der Waals surface area contributed by atoms with E-state index in [9.17, 15) is 15.0 Å². The molecule has 0 radical (unpaired) electrons. The highest BCUT2D eigenvalue weighted by Gasteiger charge is 2.41. The van der Waals surface area contributed by atoms with Crippen LogP contribution in [0.25, 0.3) is 32.6 Å². The fourth-order valence-corrected chi connectivity index (χ4v) is 5.63. The Morgan fingerprint density at radius 3 is 2.24 bits per heavy atom. The largest absolute Gasteiger partial charge is 0.507 e. The van der Waals surface area contributed by atoms with Crippen LogP contribution in [0.2, 0.25) is 0 Å². The van der Waals surface area contributed by atoms with Gasteiger partial charge in [-0.3, -0.25) is 4.79 Å². The molecular weight excluding hydrogens is 476 g/mol. The third-order valence-corrected chi connectivity index (χ3v) is 7.35. The van der Waals surface area contributed by atoms with E-state index < -0.39 is 6.23 Å². The average Bonchev–Trinajstić information content (AvgIpc) is 3.45. The molecule has 5 aromatic carbocycles. The molecule has 1 amide bonds. The van der Waals surface area contributed by atoms with Gasteiger partial charge in [0.25, 0.3) is 5.91 Å². The van der Waals surface area contributed by atoms with E-state index in [1.165, 1.54) is 4.90 Å². The fraction of sp³-hybridized carbons (Fsp3) is 0.0938. The summed E-state index contributed by atoms with van der Waals surface area (Å²) in [6.45, 7) is 0.576. The Morgan fingerprint density at radius 2 is 1.47 bits per heavy atom. The maximum Gasteiger partial charge on any atom is 0.257 e. The molecule has 6 aromatic rings. The van der Waals surface area contributed by atoms with E-state index in [2.05, 4.69) is 4.98 Å². The number of benzene rings is 5. The number of nitrogens with zero attached hydrogens (tertiary/aromatic N) is 1. The third-order valence-electron chi connectivity index (χ3n) is 7.35. The highest BCUT2D eigenvalue weighted by Crippen LogP contribution is 2.50. The van der Waals surface area contributed by atoms with Gasteiger partial charge in [0.1, 0.15) is 18.1 Å². The summed E-state index contributed by atoms with van der Waals surface area (Å²) in [5, 5.41) is 25.4. The Hall–Kier alpha value is -4.81. The van der Waals surface area contributed by atoms with Crippen LogP contribution in [0.3, 0.4) is 0 Å². The highest BCUT2D eigenvalue weighted by atomic mass is 16.5. The molecule has 1 unspecified atom stereocenters. The van der Waals surface area contributed by atoms with Crippen LogP contribution in [0.1, 0.15) is 33.3 Å². The molecule has 3 N–H and O–H groups in total. The predicted octanol–water partition coefficient (Wildman–Crippen LogP) is 6.41. The number of aromatic amines is 1. The van der Waals surface area contributed by atoms with E-state index >= 15 is 0 Å². The Balaban J connectivity index is 1.50. The molecule has 7 rings (SSSR count). The molecule has 0 saturated carbocycles. The van der Waals surface area contributed by atoms with Crippen molar-refractivity contribution in [2.24, 2.45) is 0 Å². The number of amides is 1. The van der Waals surface area contributed by atoms with Gasteiger partial charge in [0.2, 0.25) is 0 Å². The lowest BCUT2D eigenvalue weighted by Gasteiger charge is -2.21. The topological polar surface area (TPSA) is 85.8 Å². The minimum atomic E-state index is -1.23. The van der Waals surface area contributed by atoms with Crippen LogP contribution in [0, 0.1) is 0 Å². The minimum Gasteiger partial charge on any atom is -0.507 e. The van der Waals surface area contributed by atoms with Crippen molar-refractivity contribution in [2.45, 2.75) is 19.4 Å². The van der Waals surface area contributed by atoms with Gasteiger partial charge in [-0.05, 0) is 29.3 Å². The molecule has 0 aliphatic carbocycles. The van der Waals surface area contributed by atoms with Crippen molar-refractivity contribution >= 4 is 38.5 Å². The molecule has 1 aromatic heterocycles. The van der Waals surface area contributed by atoms with Crippen LogP contribution in [0.4, 0.5) is 0 Å². The SMILES string of the molecule is O=C1c2c(c3c(O)ccc(OCc4ccccc4)c3c3[nH]c4ccccc4c23)C(O)N1Cc1ccccc1. The number of hydrogen-bond donors (Lipinski definition) is 3. The summed E-state index contributed by atoms with van der Waals surface area (Å²) in [7, 11) is 0. The van der Waals surface area contributed by atoms with E-state index in [1.807, 2.05) is 84.9 Å². The number of H-pyrrole nitrogens is 1. The Bertz CT molecular complexity index is 1840. The van der Waals surface area contributed by atoms with Crippen LogP contribution < -0.4 is 4.74 Å². The van der Waals surface area contributed by atoms with Crippen LogP contribution in [-0.4, -0.2) is 26.0 Å². The number of aromatic hydroxyl groups is 1. The van der Waals surface area contributed by atoms with Crippen LogP contribution in [0.5, 0.6) is 11.5 Å².